The molecule has 1 aliphatic carbocycles. The van der Waals surface area contributed by atoms with Crippen LogP contribution in [0.25, 0.3) is 0 Å². The molecule has 0 aromatic carbocycles. The van der Waals surface area contributed by atoms with E-state index in [0.717, 1.165) is 38.2 Å². The van der Waals surface area contributed by atoms with E-state index in [1.54, 1.807) is 23.9 Å². The fraction of sp³-hybridized carbons (Fsp3) is 0.526. The van der Waals surface area contributed by atoms with Crippen molar-refractivity contribution in [1.82, 2.24) is 14.9 Å². The molecule has 6 heteroatoms. The summed E-state index contributed by atoms with van der Waals surface area (Å²) in [6, 6.07) is 6.65. The lowest BCUT2D eigenvalue weighted by Crippen LogP contribution is -2.51. The number of rotatable bonds is 4. The van der Waals surface area contributed by atoms with Crippen molar-refractivity contribution in [3.05, 3.63) is 40.5 Å². The van der Waals surface area contributed by atoms with E-state index in [-0.39, 0.29) is 5.91 Å². The van der Waals surface area contributed by atoms with E-state index in [1.807, 2.05) is 6.07 Å². The van der Waals surface area contributed by atoms with Gasteiger partial charge in [-0.25, -0.2) is 9.97 Å². The number of thiophene rings is 1. The summed E-state index contributed by atoms with van der Waals surface area (Å²) in [6.45, 7) is 3.92. The zero-order chi connectivity index (χ0) is 17.4. The van der Waals surface area contributed by atoms with Gasteiger partial charge in [-0.1, -0.05) is 0 Å². The molecule has 1 spiro atoms. The first kappa shape index (κ1) is 16.5. The van der Waals surface area contributed by atoms with Gasteiger partial charge >= 0.3 is 0 Å². The first-order chi connectivity index (χ1) is 12.0. The second-order valence-corrected chi connectivity index (χ2v) is 8.87. The van der Waals surface area contributed by atoms with Crippen LogP contribution in [-0.2, 0) is 11.2 Å². The van der Waals surface area contributed by atoms with Crippen LogP contribution < -0.4 is 4.90 Å². The average Bonchev–Trinajstić information content (AvgIpc) is 3.20. The van der Waals surface area contributed by atoms with Gasteiger partial charge in [-0.15, -0.1) is 11.3 Å². The third-order valence-corrected chi connectivity index (χ3v) is 6.73. The first-order valence-electron chi connectivity index (χ1n) is 8.87. The monoisotopic (exact) mass is 356 g/mol. The Morgan fingerprint density at radius 1 is 1.40 bits per heavy atom. The number of aryl methyl sites for hydroxylation is 1. The van der Waals surface area contributed by atoms with Gasteiger partial charge in [0.05, 0.1) is 6.42 Å². The fourth-order valence-electron chi connectivity index (χ4n) is 4.22. The van der Waals surface area contributed by atoms with Crippen molar-refractivity contribution < 1.29 is 4.79 Å². The van der Waals surface area contributed by atoms with E-state index < -0.39 is 0 Å². The van der Waals surface area contributed by atoms with Gasteiger partial charge in [0.25, 0.3) is 0 Å². The minimum absolute atomic E-state index is 0.284. The van der Waals surface area contributed by atoms with Crippen molar-refractivity contribution in [3.8, 4) is 0 Å². The van der Waals surface area contributed by atoms with Crippen molar-refractivity contribution in [2.75, 3.05) is 25.0 Å². The maximum absolute atomic E-state index is 12.6. The second-order valence-electron chi connectivity index (χ2n) is 7.49. The molecule has 0 bridgehead atoms. The lowest BCUT2D eigenvalue weighted by molar-refractivity contribution is -0.130. The number of hydrogen-bond acceptors (Lipinski definition) is 5. The van der Waals surface area contributed by atoms with Crippen molar-refractivity contribution in [2.45, 2.75) is 38.6 Å². The van der Waals surface area contributed by atoms with Crippen molar-refractivity contribution in [3.63, 3.8) is 0 Å². The zero-order valence-corrected chi connectivity index (χ0v) is 15.6. The Morgan fingerprint density at radius 3 is 2.92 bits per heavy atom. The van der Waals surface area contributed by atoms with Gasteiger partial charge in [-0.2, -0.15) is 0 Å². The van der Waals surface area contributed by atoms with Gasteiger partial charge in [-0.05, 0) is 49.8 Å². The number of carbonyl (C=O) groups is 1. The molecule has 5 nitrogen and oxygen atoms in total. The van der Waals surface area contributed by atoms with E-state index in [9.17, 15) is 4.79 Å². The zero-order valence-electron chi connectivity index (χ0n) is 14.8. The number of hydrogen-bond donors (Lipinski definition) is 0. The first-order valence-corrected chi connectivity index (χ1v) is 9.68. The van der Waals surface area contributed by atoms with Gasteiger partial charge in [0, 0.05) is 42.1 Å². The Bertz CT molecular complexity index is 754. The molecule has 2 aromatic rings. The lowest BCUT2D eigenvalue weighted by atomic mass is 9.64. The Balaban J connectivity index is 1.32. The molecule has 25 heavy (non-hydrogen) atoms. The SMILES string of the molecule is Cc1ccc(CC(=O)N2CCC3(CC(N(C)c4ccncn4)C3)C2)s1. The molecule has 4 rings (SSSR count). The Morgan fingerprint density at radius 2 is 2.24 bits per heavy atom. The molecule has 2 aliphatic rings. The number of amides is 1. The maximum Gasteiger partial charge on any atom is 0.227 e. The molecule has 0 radical (unpaired) electrons. The largest absolute Gasteiger partial charge is 0.357 e. The van der Waals surface area contributed by atoms with Crippen LogP contribution >= 0.6 is 11.3 Å². The highest BCUT2D eigenvalue weighted by atomic mass is 32.1. The minimum Gasteiger partial charge on any atom is -0.357 e. The van der Waals surface area contributed by atoms with Crippen LogP contribution in [-0.4, -0.2) is 47.0 Å². The highest BCUT2D eigenvalue weighted by Gasteiger charge is 2.50. The minimum atomic E-state index is 0.284. The molecule has 2 fully saturated rings. The predicted octanol–water partition coefficient (Wildman–Crippen LogP) is 2.91. The standard InChI is InChI=1S/C19H24N4OS/c1-14-3-4-16(25-14)9-18(24)23-8-6-19(12-23)10-15(11-19)22(2)17-5-7-20-13-21-17/h3-5,7,13,15H,6,8-12H2,1-2H3. The maximum atomic E-state index is 12.6. The van der Waals surface area contributed by atoms with Crippen LogP contribution in [0, 0.1) is 12.3 Å². The molecule has 132 valence electrons. The summed E-state index contributed by atoms with van der Waals surface area (Å²) < 4.78 is 0. The normalized spacial score (nSPS) is 25.2. The number of nitrogens with zero attached hydrogens (tertiary/aromatic N) is 4. The van der Waals surface area contributed by atoms with Gasteiger partial charge in [-0.3, -0.25) is 4.79 Å². The Hall–Kier alpha value is -1.95. The molecular weight excluding hydrogens is 332 g/mol. The summed E-state index contributed by atoms with van der Waals surface area (Å²) in [5.74, 6) is 1.26. The summed E-state index contributed by atoms with van der Waals surface area (Å²) in [5, 5.41) is 0. The van der Waals surface area contributed by atoms with Crippen LogP contribution in [0.5, 0.6) is 0 Å². The molecule has 3 heterocycles. The third kappa shape index (κ3) is 3.27. The summed E-state index contributed by atoms with van der Waals surface area (Å²) in [6.07, 6.45) is 7.37. The van der Waals surface area contributed by atoms with E-state index in [1.165, 1.54) is 9.75 Å². The number of likely N-dealkylation sites (tertiary alicyclic amines) is 1. The summed E-state index contributed by atoms with van der Waals surface area (Å²) in [7, 11) is 2.11. The summed E-state index contributed by atoms with van der Waals surface area (Å²) >= 11 is 1.73. The van der Waals surface area contributed by atoms with Gasteiger partial charge in [0.15, 0.2) is 0 Å². The van der Waals surface area contributed by atoms with E-state index in [2.05, 4.69) is 45.9 Å². The number of aromatic nitrogens is 2. The molecule has 1 aliphatic heterocycles. The lowest BCUT2D eigenvalue weighted by Gasteiger charge is -2.49. The smallest absolute Gasteiger partial charge is 0.227 e. The molecule has 0 atom stereocenters. The van der Waals surface area contributed by atoms with Crippen LogP contribution in [0.15, 0.2) is 30.7 Å². The summed E-state index contributed by atoms with van der Waals surface area (Å²) in [4.78, 5) is 27.7. The number of carbonyl (C=O) groups excluding carboxylic acids is 1. The molecule has 0 N–H and O–H groups in total. The molecular formula is C19H24N4OS. The van der Waals surface area contributed by atoms with Gasteiger partial charge in [0.1, 0.15) is 12.1 Å². The second kappa shape index (κ2) is 6.41. The molecule has 0 unspecified atom stereocenters. The molecule has 2 aromatic heterocycles. The van der Waals surface area contributed by atoms with E-state index in [0.29, 0.717) is 17.9 Å². The van der Waals surface area contributed by atoms with Crippen LogP contribution in [0.2, 0.25) is 0 Å². The van der Waals surface area contributed by atoms with E-state index in [4.69, 9.17) is 0 Å². The molecule has 1 saturated carbocycles. The molecule has 1 amide bonds. The van der Waals surface area contributed by atoms with Crippen molar-refractivity contribution in [2.24, 2.45) is 5.41 Å². The average molecular weight is 356 g/mol. The predicted molar refractivity (Wildman–Crippen MR) is 99.8 cm³/mol. The van der Waals surface area contributed by atoms with Crippen molar-refractivity contribution >= 4 is 23.1 Å². The van der Waals surface area contributed by atoms with Crippen molar-refractivity contribution in [1.29, 1.82) is 0 Å². The highest BCUT2D eigenvalue weighted by molar-refractivity contribution is 7.12. The molecule has 1 saturated heterocycles. The third-order valence-electron chi connectivity index (χ3n) is 5.73. The Kier molecular flexibility index (Phi) is 4.23. The van der Waals surface area contributed by atoms with Crippen LogP contribution in [0.4, 0.5) is 5.82 Å². The Labute approximate surface area is 152 Å². The van der Waals surface area contributed by atoms with Gasteiger partial charge < -0.3 is 9.80 Å². The van der Waals surface area contributed by atoms with E-state index >= 15 is 0 Å². The fourth-order valence-corrected chi connectivity index (χ4v) is 5.10. The highest BCUT2D eigenvalue weighted by Crippen LogP contribution is 2.50. The van der Waals surface area contributed by atoms with Crippen LogP contribution in [0.3, 0.4) is 0 Å². The topological polar surface area (TPSA) is 49.3 Å². The van der Waals surface area contributed by atoms with Gasteiger partial charge in [0.2, 0.25) is 5.91 Å². The quantitative estimate of drug-likeness (QED) is 0.845. The van der Waals surface area contributed by atoms with Crippen LogP contribution in [0.1, 0.15) is 29.0 Å². The number of anilines is 1. The summed E-state index contributed by atoms with van der Waals surface area (Å²) in [5.41, 5.74) is 0.326.